The molecule has 0 spiro atoms. The molecule has 0 radical (unpaired) electrons. The number of hydrogen-bond donors (Lipinski definition) is 1. The van der Waals surface area contributed by atoms with E-state index in [1.807, 2.05) is 5.38 Å². The van der Waals surface area contributed by atoms with Crippen LogP contribution in [0.4, 0.5) is 5.69 Å². The molecule has 2 aromatic rings. The van der Waals surface area contributed by atoms with Crippen molar-refractivity contribution in [2.75, 3.05) is 18.5 Å². The van der Waals surface area contributed by atoms with Gasteiger partial charge in [-0.2, -0.15) is 0 Å². The van der Waals surface area contributed by atoms with E-state index in [9.17, 15) is 4.79 Å². The number of anilines is 1. The Bertz CT molecular complexity index is 604. The van der Waals surface area contributed by atoms with E-state index in [-0.39, 0.29) is 17.5 Å². The van der Waals surface area contributed by atoms with Crippen LogP contribution in [0.3, 0.4) is 0 Å². The lowest BCUT2D eigenvalue weighted by Gasteiger charge is -2.18. The lowest BCUT2D eigenvalue weighted by Crippen LogP contribution is -2.15. The summed E-state index contributed by atoms with van der Waals surface area (Å²) < 4.78 is 11.3. The Hall–Kier alpha value is -1.37. The lowest BCUT2D eigenvalue weighted by atomic mass is 10.0. The largest absolute Gasteiger partial charge is 0.448 e. The molecule has 1 fully saturated rings. The van der Waals surface area contributed by atoms with Crippen molar-refractivity contribution in [2.45, 2.75) is 18.8 Å². The van der Waals surface area contributed by atoms with E-state index in [4.69, 9.17) is 20.8 Å². The molecule has 0 aliphatic carbocycles. The molecule has 5 nitrogen and oxygen atoms in total. The summed E-state index contributed by atoms with van der Waals surface area (Å²) in [6.45, 7) is 1.41. The Kier molecular flexibility index (Phi) is 4.05. The maximum Gasteiger partial charge on any atom is 0.277 e. The van der Waals surface area contributed by atoms with Gasteiger partial charge >= 0.3 is 0 Å². The molecule has 1 aliphatic heterocycles. The van der Waals surface area contributed by atoms with Crippen LogP contribution in [0, 0.1) is 0 Å². The van der Waals surface area contributed by atoms with Gasteiger partial charge in [0.05, 0.1) is 5.69 Å². The average Bonchev–Trinajstić information content (AvgIpc) is 3.10. The molecule has 7 heteroatoms. The quantitative estimate of drug-likeness (QED) is 0.941. The zero-order valence-corrected chi connectivity index (χ0v) is 12.2. The zero-order chi connectivity index (χ0) is 13.9. The Morgan fingerprint density at radius 2 is 2.25 bits per heavy atom. The number of thiophene rings is 1. The summed E-state index contributed by atoms with van der Waals surface area (Å²) in [7, 11) is 0. The molecule has 1 saturated heterocycles. The number of amides is 1. The topological polar surface area (TPSA) is 64.4 Å². The van der Waals surface area contributed by atoms with Crippen molar-refractivity contribution < 1.29 is 13.9 Å². The Labute approximate surface area is 124 Å². The van der Waals surface area contributed by atoms with E-state index in [1.54, 1.807) is 6.07 Å². The zero-order valence-electron chi connectivity index (χ0n) is 10.6. The molecular weight excluding hydrogens is 300 g/mol. The van der Waals surface area contributed by atoms with Gasteiger partial charge in [-0.25, -0.2) is 4.98 Å². The van der Waals surface area contributed by atoms with Crippen molar-refractivity contribution in [2.24, 2.45) is 0 Å². The third kappa shape index (κ3) is 2.87. The fourth-order valence-corrected chi connectivity index (χ4v) is 2.93. The van der Waals surface area contributed by atoms with Gasteiger partial charge in [0.15, 0.2) is 11.6 Å². The van der Waals surface area contributed by atoms with Gasteiger partial charge in [-0.1, -0.05) is 11.6 Å². The molecule has 1 amide bonds. The highest BCUT2D eigenvalue weighted by Crippen LogP contribution is 2.29. The summed E-state index contributed by atoms with van der Waals surface area (Å²) in [4.78, 5) is 16.3. The van der Waals surface area contributed by atoms with Crippen molar-refractivity contribution in [1.82, 2.24) is 4.98 Å². The number of aromatic nitrogens is 1. The molecule has 0 saturated carbocycles. The Morgan fingerprint density at radius 3 is 2.95 bits per heavy atom. The fraction of sp³-hybridized carbons (Fsp3) is 0.385. The Balaban J connectivity index is 1.69. The van der Waals surface area contributed by atoms with E-state index >= 15 is 0 Å². The van der Waals surface area contributed by atoms with Crippen LogP contribution in [0.25, 0.3) is 0 Å². The normalized spacial score (nSPS) is 16.2. The molecular formula is C13H13ClN2O3S. The van der Waals surface area contributed by atoms with Gasteiger partial charge < -0.3 is 14.5 Å². The van der Waals surface area contributed by atoms with Gasteiger partial charge in [0.1, 0.15) is 10.6 Å². The van der Waals surface area contributed by atoms with E-state index < -0.39 is 0 Å². The number of nitrogens with zero attached hydrogens (tertiary/aromatic N) is 1. The first kappa shape index (κ1) is 13.6. The Morgan fingerprint density at radius 1 is 1.45 bits per heavy atom. The summed E-state index contributed by atoms with van der Waals surface area (Å²) >= 11 is 7.31. The third-order valence-corrected chi connectivity index (χ3v) is 4.36. The van der Waals surface area contributed by atoms with Gasteiger partial charge in [-0.15, -0.1) is 11.3 Å². The van der Waals surface area contributed by atoms with Crippen molar-refractivity contribution in [3.05, 3.63) is 33.6 Å². The lowest BCUT2D eigenvalue weighted by molar-refractivity contribution is 0.0794. The minimum Gasteiger partial charge on any atom is -0.448 e. The number of hydrogen-bond acceptors (Lipinski definition) is 5. The number of rotatable bonds is 3. The highest BCUT2D eigenvalue weighted by Gasteiger charge is 2.22. The second-order valence-corrected chi connectivity index (χ2v) is 6.04. The van der Waals surface area contributed by atoms with Crippen LogP contribution in [0.15, 0.2) is 22.1 Å². The molecule has 106 valence electrons. The summed E-state index contributed by atoms with van der Waals surface area (Å²) in [5, 5.41) is 4.53. The second-order valence-electron chi connectivity index (χ2n) is 4.52. The number of ether oxygens (including phenoxy) is 1. The first-order chi connectivity index (χ1) is 9.74. The van der Waals surface area contributed by atoms with Gasteiger partial charge in [0.25, 0.3) is 5.91 Å². The first-order valence-electron chi connectivity index (χ1n) is 6.31. The fourth-order valence-electron chi connectivity index (χ4n) is 2.09. The van der Waals surface area contributed by atoms with Crippen molar-refractivity contribution in [1.29, 1.82) is 0 Å². The molecule has 20 heavy (non-hydrogen) atoms. The molecule has 3 rings (SSSR count). The van der Waals surface area contributed by atoms with Crippen LogP contribution in [0.2, 0.25) is 4.34 Å². The standard InChI is InChI=1S/C13H13ClN2O3S/c14-11-9(3-6-20-11)15-12(17)10-7-19-13(16-10)8-1-4-18-5-2-8/h3,6-8H,1-2,4-5H2,(H,15,17). The predicted octanol–water partition coefficient (Wildman–Crippen LogP) is 3.54. The highest BCUT2D eigenvalue weighted by molar-refractivity contribution is 7.15. The smallest absolute Gasteiger partial charge is 0.277 e. The predicted molar refractivity (Wildman–Crippen MR) is 76.6 cm³/mol. The minimum absolute atomic E-state index is 0.232. The summed E-state index contributed by atoms with van der Waals surface area (Å²) in [5.74, 6) is 0.525. The maximum atomic E-state index is 12.0. The number of carbonyl (C=O) groups excluding carboxylic acids is 1. The van der Waals surface area contributed by atoms with Gasteiger partial charge in [0, 0.05) is 19.1 Å². The van der Waals surface area contributed by atoms with Crippen LogP contribution in [0.5, 0.6) is 0 Å². The minimum atomic E-state index is -0.313. The van der Waals surface area contributed by atoms with Gasteiger partial charge in [-0.05, 0) is 24.3 Å². The summed E-state index contributed by atoms with van der Waals surface area (Å²) in [6, 6.07) is 1.75. The number of oxazole rings is 1. The van der Waals surface area contributed by atoms with Crippen molar-refractivity contribution in [3.63, 3.8) is 0 Å². The molecule has 3 heterocycles. The first-order valence-corrected chi connectivity index (χ1v) is 7.57. The maximum absolute atomic E-state index is 12.0. The molecule has 0 unspecified atom stereocenters. The number of halogens is 1. The number of nitrogens with one attached hydrogen (secondary N) is 1. The van der Waals surface area contributed by atoms with E-state index in [1.165, 1.54) is 17.6 Å². The number of carbonyl (C=O) groups is 1. The van der Waals surface area contributed by atoms with Crippen LogP contribution in [-0.2, 0) is 4.74 Å². The molecule has 0 atom stereocenters. The molecule has 1 aliphatic rings. The van der Waals surface area contributed by atoms with Gasteiger partial charge in [-0.3, -0.25) is 4.79 Å². The van der Waals surface area contributed by atoms with Crippen LogP contribution in [-0.4, -0.2) is 24.1 Å². The molecule has 1 N–H and O–H groups in total. The summed E-state index contributed by atoms with van der Waals surface area (Å²) in [6.07, 6.45) is 3.14. The van der Waals surface area contributed by atoms with E-state index in [2.05, 4.69) is 10.3 Å². The van der Waals surface area contributed by atoms with Crippen molar-refractivity contribution in [3.8, 4) is 0 Å². The molecule has 2 aromatic heterocycles. The SMILES string of the molecule is O=C(Nc1ccsc1Cl)c1coc(C2CCOCC2)n1. The third-order valence-electron chi connectivity index (χ3n) is 3.19. The summed E-state index contributed by atoms with van der Waals surface area (Å²) in [5.41, 5.74) is 0.867. The van der Waals surface area contributed by atoms with Crippen LogP contribution >= 0.6 is 22.9 Å². The van der Waals surface area contributed by atoms with Gasteiger partial charge in [0.2, 0.25) is 0 Å². The van der Waals surface area contributed by atoms with E-state index in [0.29, 0.717) is 29.1 Å². The average molecular weight is 313 g/mol. The van der Waals surface area contributed by atoms with Crippen LogP contribution in [0.1, 0.15) is 35.1 Å². The van der Waals surface area contributed by atoms with E-state index in [0.717, 1.165) is 12.8 Å². The molecule has 0 aromatic carbocycles. The monoisotopic (exact) mass is 312 g/mol. The second kappa shape index (κ2) is 5.95. The highest BCUT2D eigenvalue weighted by atomic mass is 35.5. The van der Waals surface area contributed by atoms with Crippen molar-refractivity contribution >= 4 is 34.5 Å². The van der Waals surface area contributed by atoms with Crippen LogP contribution < -0.4 is 5.32 Å². The molecule has 0 bridgehead atoms.